The SMILES string of the molecule is CC1CCC(CC[C@@H](CC(=O)C2=Nc3cc4c(nc3C2)CC[C@H](C(C)(C)C)C4)c2ccc(-n3cncn3)cc2)CC1. The fraction of sp³-hybridized carbons (Fsp3) is 0.571. The van der Waals surface area contributed by atoms with Gasteiger partial charge in [0.15, 0.2) is 5.78 Å². The molecule has 6 rings (SSSR count). The molecule has 1 aliphatic heterocycles. The fourth-order valence-electron chi connectivity index (χ4n) is 7.19. The van der Waals surface area contributed by atoms with Crippen LogP contribution < -0.4 is 0 Å². The molecule has 0 spiro atoms. The summed E-state index contributed by atoms with van der Waals surface area (Å²) in [6.45, 7) is 9.39. The maximum atomic E-state index is 13.8. The summed E-state index contributed by atoms with van der Waals surface area (Å²) in [5.41, 5.74) is 7.66. The van der Waals surface area contributed by atoms with Crippen LogP contribution >= 0.6 is 0 Å². The first-order valence-electron chi connectivity index (χ1n) is 15.8. The van der Waals surface area contributed by atoms with Gasteiger partial charge in [-0.1, -0.05) is 65.5 Å². The van der Waals surface area contributed by atoms with Crippen molar-refractivity contribution in [2.24, 2.45) is 28.2 Å². The molecule has 3 heterocycles. The van der Waals surface area contributed by atoms with Crippen molar-refractivity contribution in [3.63, 3.8) is 0 Å². The van der Waals surface area contributed by atoms with E-state index < -0.39 is 0 Å². The number of carbonyl (C=O) groups is 1. The van der Waals surface area contributed by atoms with E-state index in [0.29, 0.717) is 29.9 Å². The van der Waals surface area contributed by atoms with Crippen molar-refractivity contribution in [2.45, 2.75) is 104 Å². The normalized spacial score (nSPS) is 23.0. The highest BCUT2D eigenvalue weighted by molar-refractivity contribution is 6.41. The highest BCUT2D eigenvalue weighted by Gasteiger charge is 2.32. The Hall–Kier alpha value is -3.15. The minimum atomic E-state index is 0.177. The molecule has 2 aliphatic carbocycles. The van der Waals surface area contributed by atoms with Gasteiger partial charge in [0.05, 0.1) is 22.8 Å². The van der Waals surface area contributed by atoms with Crippen LogP contribution in [0.4, 0.5) is 5.69 Å². The summed E-state index contributed by atoms with van der Waals surface area (Å²) in [7, 11) is 0. The Labute approximate surface area is 245 Å². The second-order valence-corrected chi connectivity index (χ2v) is 14.1. The van der Waals surface area contributed by atoms with Gasteiger partial charge in [0, 0.05) is 18.5 Å². The average molecular weight is 552 g/mol. The van der Waals surface area contributed by atoms with Gasteiger partial charge in [0.2, 0.25) is 0 Å². The molecular formula is C35H45N5O. The van der Waals surface area contributed by atoms with Crippen LogP contribution in [-0.2, 0) is 24.1 Å². The summed E-state index contributed by atoms with van der Waals surface area (Å²) >= 11 is 0. The first-order valence-corrected chi connectivity index (χ1v) is 15.8. The zero-order chi connectivity index (χ0) is 28.6. The summed E-state index contributed by atoms with van der Waals surface area (Å²) in [5.74, 6) is 2.65. The van der Waals surface area contributed by atoms with Crippen LogP contribution in [0.15, 0.2) is 48.0 Å². The molecule has 1 fully saturated rings. The molecule has 3 aliphatic rings. The largest absolute Gasteiger partial charge is 0.293 e. The molecule has 1 aromatic carbocycles. The first-order chi connectivity index (χ1) is 19.7. The van der Waals surface area contributed by atoms with Gasteiger partial charge in [-0.05, 0) is 90.5 Å². The van der Waals surface area contributed by atoms with E-state index in [1.165, 1.54) is 55.3 Å². The van der Waals surface area contributed by atoms with E-state index in [2.05, 4.69) is 68.1 Å². The third-order valence-corrected chi connectivity index (χ3v) is 10.1. The van der Waals surface area contributed by atoms with Crippen molar-refractivity contribution < 1.29 is 4.79 Å². The van der Waals surface area contributed by atoms with Gasteiger partial charge in [-0.15, -0.1) is 0 Å². The van der Waals surface area contributed by atoms with Crippen LogP contribution in [-0.4, -0.2) is 31.2 Å². The standard InChI is InChI=1S/C35H45N5O/c1-23-5-7-24(8-6-23)9-10-26(25-11-14-29(15-12-25)40-22-36-21-37-40)19-34(41)33-20-32-31(39-33)18-27-17-28(35(2,3)4)13-16-30(27)38-32/h11-12,14-15,18,21-24,26,28H,5-10,13,16-17,19-20H2,1-4H3/t23?,24?,26-,28-/m0/s1. The number of hydrogen-bond acceptors (Lipinski definition) is 5. The van der Waals surface area contributed by atoms with Gasteiger partial charge in [-0.2, -0.15) is 5.10 Å². The Morgan fingerprint density at radius 1 is 1.05 bits per heavy atom. The van der Waals surface area contributed by atoms with Gasteiger partial charge in [-0.25, -0.2) is 14.7 Å². The maximum absolute atomic E-state index is 13.8. The maximum Gasteiger partial charge on any atom is 0.178 e. The van der Waals surface area contributed by atoms with Crippen molar-refractivity contribution >= 4 is 17.2 Å². The summed E-state index contributed by atoms with van der Waals surface area (Å²) in [4.78, 5) is 27.8. The third kappa shape index (κ3) is 6.37. The van der Waals surface area contributed by atoms with Gasteiger partial charge in [-0.3, -0.25) is 9.78 Å². The van der Waals surface area contributed by atoms with Crippen LogP contribution in [0.2, 0.25) is 0 Å². The lowest BCUT2D eigenvalue weighted by Gasteiger charge is -2.34. The predicted molar refractivity (Wildman–Crippen MR) is 164 cm³/mol. The number of nitrogens with zero attached hydrogens (tertiary/aromatic N) is 5. The molecule has 0 N–H and O–H groups in total. The molecule has 6 nitrogen and oxygen atoms in total. The molecule has 0 bridgehead atoms. The van der Waals surface area contributed by atoms with Gasteiger partial charge < -0.3 is 0 Å². The van der Waals surface area contributed by atoms with Crippen molar-refractivity contribution in [2.75, 3.05) is 0 Å². The van der Waals surface area contributed by atoms with E-state index in [9.17, 15) is 4.79 Å². The van der Waals surface area contributed by atoms with Crippen molar-refractivity contribution in [1.29, 1.82) is 0 Å². The minimum Gasteiger partial charge on any atom is -0.293 e. The zero-order valence-corrected chi connectivity index (χ0v) is 25.3. The number of aryl methyl sites for hydroxylation is 1. The van der Waals surface area contributed by atoms with Gasteiger partial charge in [0.1, 0.15) is 12.7 Å². The second kappa shape index (κ2) is 11.6. The topological polar surface area (TPSA) is 73.0 Å². The number of carbonyl (C=O) groups excluding carboxylic acids is 1. The molecule has 6 heteroatoms. The number of hydrogen-bond donors (Lipinski definition) is 0. The number of fused-ring (bicyclic) bond motifs is 2. The lowest BCUT2D eigenvalue weighted by Crippen LogP contribution is -2.27. The van der Waals surface area contributed by atoms with E-state index in [1.807, 2.05) is 0 Å². The number of aromatic nitrogens is 4. The lowest BCUT2D eigenvalue weighted by atomic mass is 9.71. The molecule has 41 heavy (non-hydrogen) atoms. The lowest BCUT2D eigenvalue weighted by molar-refractivity contribution is -0.113. The highest BCUT2D eigenvalue weighted by Crippen LogP contribution is 2.40. The van der Waals surface area contributed by atoms with Gasteiger partial charge in [0.25, 0.3) is 0 Å². The van der Waals surface area contributed by atoms with E-state index in [-0.39, 0.29) is 11.7 Å². The Bertz CT molecular complexity index is 1390. The zero-order valence-electron chi connectivity index (χ0n) is 25.3. The fourth-order valence-corrected chi connectivity index (χ4v) is 7.19. The molecule has 2 aromatic heterocycles. The molecule has 0 radical (unpaired) electrons. The number of rotatable bonds is 8. The number of Topliss-reactive ketones (excluding diaryl/α,β-unsaturated/α-hetero) is 1. The Morgan fingerprint density at radius 2 is 1.83 bits per heavy atom. The Balaban J connectivity index is 1.17. The van der Waals surface area contributed by atoms with Crippen LogP contribution in [0, 0.1) is 23.2 Å². The summed E-state index contributed by atoms with van der Waals surface area (Å²) in [6.07, 6.45) is 15.2. The highest BCUT2D eigenvalue weighted by atomic mass is 16.1. The monoisotopic (exact) mass is 551 g/mol. The quantitative estimate of drug-likeness (QED) is 0.286. The molecule has 2 atom stereocenters. The molecule has 0 saturated heterocycles. The number of ketones is 1. The van der Waals surface area contributed by atoms with E-state index >= 15 is 0 Å². The third-order valence-electron chi connectivity index (χ3n) is 10.1. The summed E-state index contributed by atoms with van der Waals surface area (Å²) < 4.78 is 1.77. The minimum absolute atomic E-state index is 0.177. The number of pyridine rings is 1. The smallest absolute Gasteiger partial charge is 0.178 e. The molecule has 0 amide bonds. The molecular weight excluding hydrogens is 506 g/mol. The Kier molecular flexibility index (Phi) is 7.93. The molecule has 1 saturated carbocycles. The van der Waals surface area contributed by atoms with Crippen molar-refractivity contribution in [1.82, 2.24) is 19.7 Å². The van der Waals surface area contributed by atoms with Crippen LogP contribution in [0.1, 0.15) is 107 Å². The second-order valence-electron chi connectivity index (χ2n) is 14.1. The summed E-state index contributed by atoms with van der Waals surface area (Å²) in [5, 5.41) is 4.26. The molecule has 216 valence electrons. The Morgan fingerprint density at radius 3 is 2.54 bits per heavy atom. The van der Waals surface area contributed by atoms with Crippen LogP contribution in [0.25, 0.3) is 5.69 Å². The van der Waals surface area contributed by atoms with Crippen molar-refractivity contribution in [3.8, 4) is 5.69 Å². The van der Waals surface area contributed by atoms with E-state index in [1.54, 1.807) is 17.3 Å². The van der Waals surface area contributed by atoms with E-state index in [4.69, 9.17) is 9.98 Å². The average Bonchev–Trinajstić information content (AvgIpc) is 3.64. The number of aliphatic imine (C=N–C) groups is 1. The van der Waals surface area contributed by atoms with E-state index in [0.717, 1.165) is 48.2 Å². The van der Waals surface area contributed by atoms with Crippen LogP contribution in [0.3, 0.4) is 0 Å². The van der Waals surface area contributed by atoms with Gasteiger partial charge >= 0.3 is 0 Å². The molecule has 0 unspecified atom stereocenters. The molecule has 3 aromatic rings. The number of benzene rings is 1. The first kappa shape index (κ1) is 28.0. The van der Waals surface area contributed by atoms with Crippen LogP contribution in [0.5, 0.6) is 0 Å². The summed E-state index contributed by atoms with van der Waals surface area (Å²) in [6, 6.07) is 10.8. The predicted octanol–water partition coefficient (Wildman–Crippen LogP) is 7.79. The van der Waals surface area contributed by atoms with Crippen molar-refractivity contribution in [3.05, 3.63) is 65.5 Å².